The van der Waals surface area contributed by atoms with Crippen molar-refractivity contribution in [1.29, 1.82) is 5.26 Å². The molecular formula is C26H28F3N5O2. The summed E-state index contributed by atoms with van der Waals surface area (Å²) in [6.07, 6.45) is 1.47. The van der Waals surface area contributed by atoms with Crippen molar-refractivity contribution in [2.75, 3.05) is 44.3 Å². The van der Waals surface area contributed by atoms with Gasteiger partial charge in [0.05, 0.1) is 35.7 Å². The van der Waals surface area contributed by atoms with E-state index in [2.05, 4.69) is 9.97 Å². The molecule has 0 spiro atoms. The van der Waals surface area contributed by atoms with Gasteiger partial charge in [-0.1, -0.05) is 0 Å². The molecule has 3 aliphatic rings. The first-order valence-corrected chi connectivity index (χ1v) is 12.2. The molecule has 10 heteroatoms. The fraction of sp³-hybridized carbons (Fsp3) is 0.538. The lowest BCUT2D eigenvalue weighted by molar-refractivity contribution is -0.137. The summed E-state index contributed by atoms with van der Waals surface area (Å²) in [4.78, 5) is 25.4. The Bertz CT molecular complexity index is 1180. The number of benzene rings is 1. The Morgan fingerprint density at radius 2 is 2.03 bits per heavy atom. The van der Waals surface area contributed by atoms with Crippen LogP contribution in [-0.4, -0.2) is 60.2 Å². The number of piperidine rings is 1. The van der Waals surface area contributed by atoms with Crippen LogP contribution < -0.4 is 4.90 Å². The Kier molecular flexibility index (Phi) is 6.37. The Labute approximate surface area is 207 Å². The molecule has 2 saturated heterocycles. The summed E-state index contributed by atoms with van der Waals surface area (Å²) < 4.78 is 46.9. The third-order valence-electron chi connectivity index (χ3n) is 7.59. The number of nitriles is 1. The highest BCUT2D eigenvalue weighted by Crippen LogP contribution is 2.45. The van der Waals surface area contributed by atoms with E-state index in [-0.39, 0.29) is 23.1 Å². The minimum Gasteiger partial charge on any atom is -0.380 e. The number of halogens is 3. The lowest BCUT2D eigenvalue weighted by Crippen LogP contribution is -2.53. The second kappa shape index (κ2) is 9.36. The molecule has 190 valence electrons. The van der Waals surface area contributed by atoms with Crippen molar-refractivity contribution in [2.45, 2.75) is 32.4 Å². The van der Waals surface area contributed by atoms with Crippen molar-refractivity contribution >= 4 is 11.6 Å². The van der Waals surface area contributed by atoms with Crippen LogP contribution in [0.15, 0.2) is 30.6 Å². The molecule has 36 heavy (non-hydrogen) atoms. The van der Waals surface area contributed by atoms with Crippen molar-refractivity contribution in [2.24, 2.45) is 17.3 Å². The maximum Gasteiger partial charge on any atom is 0.417 e. The predicted octanol–water partition coefficient (Wildman–Crippen LogP) is 4.07. The zero-order chi connectivity index (χ0) is 25.5. The van der Waals surface area contributed by atoms with Gasteiger partial charge >= 0.3 is 6.18 Å². The van der Waals surface area contributed by atoms with Crippen LogP contribution in [0, 0.1) is 35.5 Å². The van der Waals surface area contributed by atoms with Gasteiger partial charge in [0.2, 0.25) is 0 Å². The third kappa shape index (κ3) is 4.89. The van der Waals surface area contributed by atoms with Crippen LogP contribution in [0.1, 0.15) is 46.6 Å². The molecule has 3 fully saturated rings. The van der Waals surface area contributed by atoms with Gasteiger partial charge in [-0.2, -0.15) is 18.4 Å². The summed E-state index contributed by atoms with van der Waals surface area (Å²) in [5.74, 6) is 0.544. The van der Waals surface area contributed by atoms with Crippen LogP contribution >= 0.6 is 0 Å². The second-order valence-corrected chi connectivity index (χ2v) is 10.3. The number of hydrogen-bond acceptors (Lipinski definition) is 6. The molecule has 1 aromatic carbocycles. The van der Waals surface area contributed by atoms with Gasteiger partial charge in [-0.05, 0) is 56.2 Å². The molecule has 2 atom stereocenters. The number of fused-ring (bicyclic) bond motifs is 1. The van der Waals surface area contributed by atoms with Crippen molar-refractivity contribution in [1.82, 2.24) is 14.9 Å². The van der Waals surface area contributed by atoms with E-state index in [9.17, 15) is 18.0 Å². The van der Waals surface area contributed by atoms with Crippen LogP contribution in [0.2, 0.25) is 0 Å². The molecule has 0 N–H and O–H groups in total. The number of rotatable bonds is 6. The van der Waals surface area contributed by atoms with Crippen LogP contribution in [0.25, 0.3) is 0 Å². The van der Waals surface area contributed by atoms with Gasteiger partial charge in [-0.3, -0.25) is 9.78 Å². The summed E-state index contributed by atoms with van der Waals surface area (Å²) in [6.45, 7) is 4.93. The van der Waals surface area contributed by atoms with Gasteiger partial charge in [0.1, 0.15) is 5.69 Å². The molecule has 1 aromatic heterocycles. The molecule has 3 heterocycles. The third-order valence-corrected chi connectivity index (χ3v) is 7.59. The first-order chi connectivity index (χ1) is 17.2. The predicted molar refractivity (Wildman–Crippen MR) is 125 cm³/mol. The maximum atomic E-state index is 13.6. The Hall–Kier alpha value is -3.19. The summed E-state index contributed by atoms with van der Waals surface area (Å²) in [7, 11) is 0. The van der Waals surface area contributed by atoms with Crippen LogP contribution in [0.4, 0.5) is 18.9 Å². The maximum absolute atomic E-state index is 13.6. The first kappa shape index (κ1) is 24.5. The average molecular weight is 500 g/mol. The standard InChI is InChI=1S/C26H28F3N5O2/c1-17-10-32-23(11-31-17)24(35)33-7-6-20-12-34(15-25(20,14-33)16-36-13-18-2-3-18)21-5-4-19(9-30)22(8-21)26(27,28)29/h4-5,8,10-11,18,20H,2-3,6-7,12-16H2,1H3/t20-,25+/m0/s1. The van der Waals surface area contributed by atoms with E-state index >= 15 is 0 Å². The molecule has 1 saturated carbocycles. The zero-order valence-electron chi connectivity index (χ0n) is 20.1. The normalized spacial score (nSPS) is 23.9. The number of likely N-dealkylation sites (tertiary alicyclic amines) is 1. The number of amides is 1. The number of anilines is 1. The van der Waals surface area contributed by atoms with Gasteiger partial charge in [0.25, 0.3) is 5.91 Å². The topological polar surface area (TPSA) is 82.4 Å². The Morgan fingerprint density at radius 1 is 1.22 bits per heavy atom. The number of aromatic nitrogens is 2. The van der Waals surface area contributed by atoms with Crippen molar-refractivity contribution in [3.05, 3.63) is 53.1 Å². The molecule has 0 unspecified atom stereocenters. The van der Waals surface area contributed by atoms with Gasteiger partial charge in [0.15, 0.2) is 0 Å². The monoisotopic (exact) mass is 499 g/mol. The van der Waals surface area contributed by atoms with Gasteiger partial charge < -0.3 is 14.5 Å². The van der Waals surface area contributed by atoms with Crippen LogP contribution in [0.5, 0.6) is 0 Å². The van der Waals surface area contributed by atoms with E-state index in [1.165, 1.54) is 12.3 Å². The molecule has 5 rings (SSSR count). The lowest BCUT2D eigenvalue weighted by atomic mass is 9.74. The van der Waals surface area contributed by atoms with E-state index in [0.29, 0.717) is 51.0 Å². The smallest absolute Gasteiger partial charge is 0.380 e. The minimum absolute atomic E-state index is 0.162. The average Bonchev–Trinajstić information content (AvgIpc) is 3.60. The van der Waals surface area contributed by atoms with E-state index in [4.69, 9.17) is 10.00 Å². The minimum atomic E-state index is -4.61. The van der Waals surface area contributed by atoms with E-state index in [1.807, 2.05) is 4.90 Å². The molecule has 2 aromatic rings. The first-order valence-electron chi connectivity index (χ1n) is 12.2. The fourth-order valence-electron chi connectivity index (χ4n) is 5.40. The van der Waals surface area contributed by atoms with Crippen molar-refractivity contribution in [3.8, 4) is 6.07 Å². The molecular weight excluding hydrogens is 471 g/mol. The molecule has 0 radical (unpaired) electrons. The van der Waals surface area contributed by atoms with Crippen molar-refractivity contribution < 1.29 is 22.7 Å². The zero-order valence-corrected chi connectivity index (χ0v) is 20.1. The summed E-state index contributed by atoms with van der Waals surface area (Å²) in [5.41, 5.74) is -0.285. The quantitative estimate of drug-likeness (QED) is 0.596. The molecule has 7 nitrogen and oxygen atoms in total. The summed E-state index contributed by atoms with van der Waals surface area (Å²) >= 11 is 0. The summed E-state index contributed by atoms with van der Waals surface area (Å²) in [6, 6.07) is 5.53. The van der Waals surface area contributed by atoms with E-state index in [0.717, 1.165) is 31.0 Å². The van der Waals surface area contributed by atoms with Gasteiger partial charge in [0, 0.05) is 50.1 Å². The molecule has 1 aliphatic carbocycles. The lowest BCUT2D eigenvalue weighted by Gasteiger charge is -2.43. The SMILES string of the molecule is Cc1cnc(C(=O)N2CC[C@H]3CN(c4ccc(C#N)c(C(F)(F)F)c4)C[C@@]3(COCC3CC3)C2)cn1. The number of alkyl halides is 3. The highest BCUT2D eigenvalue weighted by Gasteiger charge is 2.51. The number of nitrogens with zero attached hydrogens (tertiary/aromatic N) is 5. The number of hydrogen-bond donors (Lipinski definition) is 0. The van der Waals surface area contributed by atoms with Gasteiger partial charge in [-0.15, -0.1) is 0 Å². The van der Waals surface area contributed by atoms with Crippen LogP contribution in [-0.2, 0) is 10.9 Å². The van der Waals surface area contributed by atoms with Crippen LogP contribution in [0.3, 0.4) is 0 Å². The fourth-order valence-corrected chi connectivity index (χ4v) is 5.40. The van der Waals surface area contributed by atoms with Gasteiger partial charge in [-0.25, -0.2) is 4.98 Å². The highest BCUT2D eigenvalue weighted by molar-refractivity contribution is 5.92. The second-order valence-electron chi connectivity index (χ2n) is 10.3. The van der Waals surface area contributed by atoms with Crippen molar-refractivity contribution in [3.63, 3.8) is 0 Å². The largest absolute Gasteiger partial charge is 0.417 e. The molecule has 1 amide bonds. The molecule has 2 aliphatic heterocycles. The number of carbonyl (C=O) groups is 1. The number of carbonyl (C=O) groups excluding carboxylic acids is 1. The number of ether oxygens (including phenoxy) is 1. The Balaban J connectivity index is 1.40. The Morgan fingerprint density at radius 3 is 2.69 bits per heavy atom. The highest BCUT2D eigenvalue weighted by atomic mass is 19.4. The van der Waals surface area contributed by atoms with E-state index in [1.54, 1.807) is 30.2 Å². The van der Waals surface area contributed by atoms with E-state index < -0.39 is 17.2 Å². The number of aryl methyl sites for hydroxylation is 1. The summed E-state index contributed by atoms with van der Waals surface area (Å²) in [5, 5.41) is 9.16. The molecule has 0 bridgehead atoms.